The van der Waals surface area contributed by atoms with Crippen molar-refractivity contribution >= 4 is 5.91 Å². The lowest BCUT2D eigenvalue weighted by Crippen LogP contribution is -2.51. The Morgan fingerprint density at radius 2 is 1.89 bits per heavy atom. The fraction of sp³-hybridized carbons (Fsp3) is 0.929. The maximum Gasteiger partial charge on any atom is 0.226 e. The van der Waals surface area contributed by atoms with Crippen LogP contribution in [0.4, 0.5) is 0 Å². The molecule has 1 amide bonds. The summed E-state index contributed by atoms with van der Waals surface area (Å²) in [6.45, 7) is 9.06. The second-order valence-corrected chi connectivity index (χ2v) is 5.82. The first kappa shape index (κ1) is 14.8. The van der Waals surface area contributed by atoms with Crippen molar-refractivity contribution in [2.75, 3.05) is 52.5 Å². The van der Waals surface area contributed by atoms with Crippen LogP contribution in [0.15, 0.2) is 0 Å². The summed E-state index contributed by atoms with van der Waals surface area (Å²) in [5.74, 6) is 0.953. The zero-order valence-corrected chi connectivity index (χ0v) is 12.0. The molecule has 2 saturated heterocycles. The van der Waals surface area contributed by atoms with Crippen molar-refractivity contribution in [3.8, 4) is 0 Å². The van der Waals surface area contributed by atoms with Crippen molar-refractivity contribution < 1.29 is 9.53 Å². The van der Waals surface area contributed by atoms with E-state index in [0.717, 1.165) is 51.9 Å². The van der Waals surface area contributed by atoms with E-state index in [9.17, 15) is 4.79 Å². The topological polar surface area (TPSA) is 58.8 Å². The van der Waals surface area contributed by atoms with Gasteiger partial charge < -0.3 is 15.4 Å². The molecule has 2 aliphatic rings. The lowest BCUT2D eigenvalue weighted by atomic mass is 9.99. The number of hydrogen-bond donors (Lipinski definition) is 1. The molecule has 1 atom stereocenters. The lowest BCUT2D eigenvalue weighted by molar-refractivity contribution is -0.136. The van der Waals surface area contributed by atoms with Crippen molar-refractivity contribution in [1.29, 1.82) is 0 Å². The average Bonchev–Trinajstić information content (AvgIpc) is 2.47. The standard InChI is InChI=1S/C14H27N3O2/c1-12(10-15)14(18)17-6-4-16(5-7-17)11-13-2-8-19-9-3-13/h12-13H,2-11,15H2,1H3. The fourth-order valence-electron chi connectivity index (χ4n) is 2.86. The molecule has 0 radical (unpaired) electrons. The van der Waals surface area contributed by atoms with Crippen molar-refractivity contribution in [2.45, 2.75) is 19.8 Å². The van der Waals surface area contributed by atoms with Crippen LogP contribution in [0.3, 0.4) is 0 Å². The van der Waals surface area contributed by atoms with Crippen LogP contribution in [0.5, 0.6) is 0 Å². The molecule has 110 valence electrons. The summed E-state index contributed by atoms with van der Waals surface area (Å²) in [4.78, 5) is 16.5. The Labute approximate surface area is 116 Å². The molecule has 5 heteroatoms. The highest BCUT2D eigenvalue weighted by Crippen LogP contribution is 2.17. The van der Waals surface area contributed by atoms with Gasteiger partial charge in [0.05, 0.1) is 0 Å². The van der Waals surface area contributed by atoms with E-state index in [-0.39, 0.29) is 11.8 Å². The van der Waals surface area contributed by atoms with Crippen molar-refractivity contribution in [3.05, 3.63) is 0 Å². The highest BCUT2D eigenvalue weighted by Gasteiger charge is 2.25. The maximum atomic E-state index is 12.0. The van der Waals surface area contributed by atoms with Crippen LogP contribution < -0.4 is 5.73 Å². The van der Waals surface area contributed by atoms with Crippen LogP contribution in [0.2, 0.25) is 0 Å². The molecule has 2 N–H and O–H groups in total. The third-order valence-electron chi connectivity index (χ3n) is 4.32. The van der Waals surface area contributed by atoms with Crippen LogP contribution in [-0.2, 0) is 9.53 Å². The van der Waals surface area contributed by atoms with E-state index >= 15 is 0 Å². The van der Waals surface area contributed by atoms with Gasteiger partial charge in [0.1, 0.15) is 0 Å². The molecule has 2 rings (SSSR count). The Bertz CT molecular complexity index is 284. The summed E-state index contributed by atoms with van der Waals surface area (Å²) in [6, 6.07) is 0. The molecule has 5 nitrogen and oxygen atoms in total. The van der Waals surface area contributed by atoms with Crippen LogP contribution in [-0.4, -0.2) is 68.2 Å². The Hall–Kier alpha value is -0.650. The van der Waals surface area contributed by atoms with E-state index in [0.29, 0.717) is 6.54 Å². The van der Waals surface area contributed by atoms with Crippen molar-refractivity contribution in [3.63, 3.8) is 0 Å². The third kappa shape index (κ3) is 4.16. The van der Waals surface area contributed by atoms with E-state index in [1.165, 1.54) is 12.8 Å². The normalized spacial score (nSPS) is 24.4. The molecule has 19 heavy (non-hydrogen) atoms. The van der Waals surface area contributed by atoms with Gasteiger partial charge in [-0.1, -0.05) is 6.92 Å². The van der Waals surface area contributed by atoms with Gasteiger partial charge in [-0.05, 0) is 18.8 Å². The average molecular weight is 269 g/mol. The highest BCUT2D eigenvalue weighted by molar-refractivity contribution is 5.78. The minimum Gasteiger partial charge on any atom is -0.381 e. The molecular formula is C14H27N3O2. The van der Waals surface area contributed by atoms with Gasteiger partial charge in [-0.3, -0.25) is 9.69 Å². The molecule has 0 saturated carbocycles. The highest BCUT2D eigenvalue weighted by atomic mass is 16.5. The van der Waals surface area contributed by atoms with Crippen LogP contribution >= 0.6 is 0 Å². The number of carbonyl (C=O) groups excluding carboxylic acids is 1. The summed E-state index contributed by atoms with van der Waals surface area (Å²) in [6.07, 6.45) is 2.37. The fourth-order valence-corrected chi connectivity index (χ4v) is 2.86. The lowest BCUT2D eigenvalue weighted by Gasteiger charge is -2.38. The largest absolute Gasteiger partial charge is 0.381 e. The molecule has 2 aliphatic heterocycles. The second-order valence-electron chi connectivity index (χ2n) is 5.82. The van der Waals surface area contributed by atoms with E-state index in [2.05, 4.69) is 4.90 Å². The molecule has 0 aromatic rings. The number of ether oxygens (including phenoxy) is 1. The molecule has 0 aromatic heterocycles. The molecule has 0 spiro atoms. The predicted octanol–water partition coefficient (Wildman–Crippen LogP) is 0.152. The molecule has 2 fully saturated rings. The van der Waals surface area contributed by atoms with Gasteiger partial charge in [0.2, 0.25) is 5.91 Å². The number of nitrogens with zero attached hydrogens (tertiary/aromatic N) is 2. The summed E-state index contributed by atoms with van der Waals surface area (Å²) < 4.78 is 5.39. The van der Waals surface area contributed by atoms with Gasteiger partial charge in [0.25, 0.3) is 0 Å². The summed E-state index contributed by atoms with van der Waals surface area (Å²) in [5, 5.41) is 0. The van der Waals surface area contributed by atoms with Crippen molar-refractivity contribution in [1.82, 2.24) is 9.80 Å². The van der Waals surface area contributed by atoms with E-state index in [1.54, 1.807) is 0 Å². The second kappa shape index (κ2) is 7.22. The number of carbonyl (C=O) groups is 1. The van der Waals surface area contributed by atoms with Crippen LogP contribution in [0.25, 0.3) is 0 Å². The Balaban J connectivity index is 1.71. The Morgan fingerprint density at radius 3 is 2.47 bits per heavy atom. The van der Waals surface area contributed by atoms with E-state index in [4.69, 9.17) is 10.5 Å². The first-order valence-corrected chi connectivity index (χ1v) is 7.49. The van der Waals surface area contributed by atoms with Crippen molar-refractivity contribution in [2.24, 2.45) is 17.6 Å². The van der Waals surface area contributed by atoms with Crippen LogP contribution in [0, 0.1) is 11.8 Å². The SMILES string of the molecule is CC(CN)C(=O)N1CCN(CC2CCOCC2)CC1. The number of rotatable bonds is 4. The minimum atomic E-state index is -0.0398. The zero-order chi connectivity index (χ0) is 13.7. The summed E-state index contributed by atoms with van der Waals surface area (Å²) in [7, 11) is 0. The molecule has 1 unspecified atom stereocenters. The summed E-state index contributed by atoms with van der Waals surface area (Å²) >= 11 is 0. The zero-order valence-electron chi connectivity index (χ0n) is 12.0. The first-order chi connectivity index (χ1) is 9.20. The quantitative estimate of drug-likeness (QED) is 0.789. The van der Waals surface area contributed by atoms with Gasteiger partial charge in [-0.15, -0.1) is 0 Å². The minimum absolute atomic E-state index is 0.0398. The Kier molecular flexibility index (Phi) is 5.60. The van der Waals surface area contributed by atoms with Gasteiger partial charge in [-0.2, -0.15) is 0 Å². The van der Waals surface area contributed by atoms with Gasteiger partial charge in [-0.25, -0.2) is 0 Å². The number of piperazine rings is 1. The van der Waals surface area contributed by atoms with Gasteiger partial charge in [0, 0.05) is 58.4 Å². The molecular weight excluding hydrogens is 242 g/mol. The van der Waals surface area contributed by atoms with Gasteiger partial charge in [0.15, 0.2) is 0 Å². The first-order valence-electron chi connectivity index (χ1n) is 7.49. The third-order valence-corrected chi connectivity index (χ3v) is 4.32. The molecule has 2 heterocycles. The monoisotopic (exact) mass is 269 g/mol. The van der Waals surface area contributed by atoms with Crippen LogP contribution in [0.1, 0.15) is 19.8 Å². The van der Waals surface area contributed by atoms with E-state index < -0.39 is 0 Å². The van der Waals surface area contributed by atoms with Gasteiger partial charge >= 0.3 is 0 Å². The molecule has 0 aliphatic carbocycles. The maximum absolute atomic E-state index is 12.0. The van der Waals surface area contributed by atoms with E-state index in [1.807, 2.05) is 11.8 Å². The Morgan fingerprint density at radius 1 is 1.26 bits per heavy atom. The molecule has 0 aromatic carbocycles. The smallest absolute Gasteiger partial charge is 0.226 e. The predicted molar refractivity (Wildman–Crippen MR) is 74.8 cm³/mol. The summed E-state index contributed by atoms with van der Waals surface area (Å²) in [5.41, 5.74) is 5.56. The molecule has 0 bridgehead atoms. The number of amides is 1. The number of nitrogens with two attached hydrogens (primary N) is 1. The number of hydrogen-bond acceptors (Lipinski definition) is 4.